The van der Waals surface area contributed by atoms with Crippen molar-refractivity contribution >= 4 is 40.5 Å². The molecule has 0 bridgehead atoms. The summed E-state index contributed by atoms with van der Waals surface area (Å²) in [7, 11) is 0. The van der Waals surface area contributed by atoms with E-state index in [9.17, 15) is 9.59 Å². The standard InChI is InChI=1S/C18H15ClN2O3S/c1-12(17(22)20-14-6-4-13(19)5-7-14)24-18(23)16-15(8-11-25-16)21-9-2-3-10-21/h2-12H,1H3,(H,20,22). The van der Waals surface area contributed by atoms with Gasteiger partial charge in [-0.15, -0.1) is 11.3 Å². The van der Waals surface area contributed by atoms with Crippen molar-refractivity contribution in [3.05, 3.63) is 70.1 Å². The molecule has 0 aliphatic heterocycles. The van der Waals surface area contributed by atoms with E-state index in [2.05, 4.69) is 5.32 Å². The number of anilines is 1. The minimum absolute atomic E-state index is 0.408. The summed E-state index contributed by atoms with van der Waals surface area (Å²) in [5.74, 6) is -0.938. The summed E-state index contributed by atoms with van der Waals surface area (Å²) in [5, 5.41) is 5.07. The molecule has 0 saturated carbocycles. The molecule has 1 atom stereocenters. The summed E-state index contributed by atoms with van der Waals surface area (Å²) >= 11 is 7.08. The first kappa shape index (κ1) is 17.3. The van der Waals surface area contributed by atoms with E-state index in [4.69, 9.17) is 16.3 Å². The average molecular weight is 375 g/mol. The molecule has 0 aliphatic carbocycles. The van der Waals surface area contributed by atoms with Crippen LogP contribution in [0.5, 0.6) is 0 Å². The first-order valence-corrected chi connectivity index (χ1v) is 8.78. The lowest BCUT2D eigenvalue weighted by Gasteiger charge is -2.14. The molecule has 0 aliphatic rings. The minimum Gasteiger partial charge on any atom is -0.448 e. The molecule has 0 fully saturated rings. The zero-order chi connectivity index (χ0) is 17.8. The molecule has 0 spiro atoms. The Morgan fingerprint density at radius 3 is 2.52 bits per heavy atom. The van der Waals surface area contributed by atoms with Gasteiger partial charge >= 0.3 is 5.97 Å². The number of thiophene rings is 1. The van der Waals surface area contributed by atoms with Gasteiger partial charge in [-0.2, -0.15) is 0 Å². The van der Waals surface area contributed by atoms with Crippen molar-refractivity contribution in [2.45, 2.75) is 13.0 Å². The van der Waals surface area contributed by atoms with Gasteiger partial charge in [0, 0.05) is 23.1 Å². The van der Waals surface area contributed by atoms with E-state index in [0.29, 0.717) is 15.6 Å². The molecule has 2 aromatic heterocycles. The summed E-state index contributed by atoms with van der Waals surface area (Å²) in [6, 6.07) is 12.3. The molecule has 128 valence electrons. The molecular weight excluding hydrogens is 360 g/mol. The van der Waals surface area contributed by atoms with Gasteiger partial charge in [0.25, 0.3) is 5.91 Å². The molecule has 1 aromatic carbocycles. The van der Waals surface area contributed by atoms with Crippen molar-refractivity contribution in [1.82, 2.24) is 4.57 Å². The van der Waals surface area contributed by atoms with E-state index >= 15 is 0 Å². The number of esters is 1. The highest BCUT2D eigenvalue weighted by Gasteiger charge is 2.22. The van der Waals surface area contributed by atoms with Gasteiger partial charge in [-0.1, -0.05) is 11.6 Å². The molecule has 25 heavy (non-hydrogen) atoms. The second-order valence-corrected chi connectivity index (χ2v) is 6.62. The second-order valence-electron chi connectivity index (χ2n) is 5.27. The van der Waals surface area contributed by atoms with Crippen LogP contribution in [0.3, 0.4) is 0 Å². The summed E-state index contributed by atoms with van der Waals surface area (Å²) in [6.45, 7) is 1.53. The molecule has 2 heterocycles. The van der Waals surface area contributed by atoms with Crippen LogP contribution in [-0.2, 0) is 9.53 Å². The smallest absolute Gasteiger partial charge is 0.351 e. The van der Waals surface area contributed by atoms with Crippen molar-refractivity contribution in [3.8, 4) is 5.69 Å². The van der Waals surface area contributed by atoms with Gasteiger partial charge in [0.2, 0.25) is 0 Å². The maximum atomic E-state index is 12.4. The monoisotopic (exact) mass is 374 g/mol. The minimum atomic E-state index is -0.928. The maximum absolute atomic E-state index is 12.4. The number of amides is 1. The van der Waals surface area contributed by atoms with Crippen LogP contribution >= 0.6 is 22.9 Å². The third kappa shape index (κ3) is 4.10. The summed E-state index contributed by atoms with van der Waals surface area (Å²) in [4.78, 5) is 25.1. The number of aromatic nitrogens is 1. The van der Waals surface area contributed by atoms with Crippen LogP contribution in [0, 0.1) is 0 Å². The Hall–Kier alpha value is -2.57. The van der Waals surface area contributed by atoms with Crippen molar-refractivity contribution in [1.29, 1.82) is 0 Å². The first-order valence-electron chi connectivity index (χ1n) is 7.53. The highest BCUT2D eigenvalue weighted by atomic mass is 35.5. The highest BCUT2D eigenvalue weighted by molar-refractivity contribution is 7.12. The number of halogens is 1. The van der Waals surface area contributed by atoms with Gasteiger partial charge in [0.1, 0.15) is 4.88 Å². The number of rotatable bonds is 5. The fourth-order valence-electron chi connectivity index (χ4n) is 2.20. The predicted octanol–water partition coefficient (Wildman–Crippen LogP) is 4.38. The highest BCUT2D eigenvalue weighted by Crippen LogP contribution is 2.23. The lowest BCUT2D eigenvalue weighted by atomic mass is 10.3. The zero-order valence-electron chi connectivity index (χ0n) is 13.3. The Morgan fingerprint density at radius 2 is 1.84 bits per heavy atom. The summed E-state index contributed by atoms with van der Waals surface area (Å²) in [6.07, 6.45) is 2.76. The van der Waals surface area contributed by atoms with Crippen molar-refractivity contribution in [3.63, 3.8) is 0 Å². The number of nitrogens with one attached hydrogen (secondary N) is 1. The summed E-state index contributed by atoms with van der Waals surface area (Å²) in [5.41, 5.74) is 1.31. The quantitative estimate of drug-likeness (QED) is 0.674. The van der Waals surface area contributed by atoms with Gasteiger partial charge in [-0.25, -0.2) is 4.79 Å². The van der Waals surface area contributed by atoms with Crippen LogP contribution in [0.2, 0.25) is 5.02 Å². The Kier molecular flexibility index (Phi) is 5.21. The van der Waals surface area contributed by atoms with E-state index < -0.39 is 18.0 Å². The van der Waals surface area contributed by atoms with E-state index in [1.807, 2.05) is 40.5 Å². The molecular formula is C18H15ClN2O3S. The third-order valence-electron chi connectivity index (χ3n) is 3.48. The molecule has 3 aromatic rings. The SMILES string of the molecule is CC(OC(=O)c1sccc1-n1cccc1)C(=O)Nc1ccc(Cl)cc1. The molecule has 7 heteroatoms. The van der Waals surface area contributed by atoms with E-state index in [-0.39, 0.29) is 0 Å². The molecule has 1 unspecified atom stereocenters. The molecule has 0 saturated heterocycles. The van der Waals surface area contributed by atoms with E-state index in [1.165, 1.54) is 18.3 Å². The van der Waals surface area contributed by atoms with Crippen molar-refractivity contribution < 1.29 is 14.3 Å². The Morgan fingerprint density at radius 1 is 1.16 bits per heavy atom. The van der Waals surface area contributed by atoms with Crippen molar-refractivity contribution in [2.75, 3.05) is 5.32 Å². The predicted molar refractivity (Wildman–Crippen MR) is 98.6 cm³/mol. The Bertz CT molecular complexity index is 872. The number of nitrogens with zero attached hydrogens (tertiary/aromatic N) is 1. The lowest BCUT2D eigenvalue weighted by Crippen LogP contribution is -2.30. The number of carbonyl (C=O) groups excluding carboxylic acids is 2. The average Bonchev–Trinajstić information content (AvgIpc) is 3.27. The number of benzene rings is 1. The normalized spacial score (nSPS) is 11.8. The summed E-state index contributed by atoms with van der Waals surface area (Å²) < 4.78 is 7.14. The van der Waals surface area contributed by atoms with Crippen LogP contribution in [0.4, 0.5) is 5.69 Å². The van der Waals surface area contributed by atoms with Gasteiger partial charge in [0.15, 0.2) is 6.10 Å². The molecule has 1 N–H and O–H groups in total. The molecule has 3 rings (SSSR count). The fraction of sp³-hybridized carbons (Fsp3) is 0.111. The molecule has 5 nitrogen and oxygen atoms in total. The molecule has 0 radical (unpaired) electrons. The van der Waals surface area contributed by atoms with Crippen LogP contribution in [0.1, 0.15) is 16.6 Å². The van der Waals surface area contributed by atoms with Crippen LogP contribution < -0.4 is 5.32 Å². The topological polar surface area (TPSA) is 60.3 Å². The maximum Gasteiger partial charge on any atom is 0.351 e. The number of hydrogen-bond donors (Lipinski definition) is 1. The van der Waals surface area contributed by atoms with Crippen LogP contribution in [-0.4, -0.2) is 22.5 Å². The van der Waals surface area contributed by atoms with E-state index in [0.717, 1.165) is 5.69 Å². The second kappa shape index (κ2) is 7.55. The number of carbonyl (C=O) groups is 2. The third-order valence-corrected chi connectivity index (χ3v) is 4.61. The largest absolute Gasteiger partial charge is 0.448 e. The van der Waals surface area contributed by atoms with Crippen LogP contribution in [0.15, 0.2) is 60.2 Å². The van der Waals surface area contributed by atoms with E-state index in [1.54, 1.807) is 24.3 Å². The number of ether oxygens (including phenoxy) is 1. The zero-order valence-corrected chi connectivity index (χ0v) is 14.9. The lowest BCUT2D eigenvalue weighted by molar-refractivity contribution is -0.123. The fourth-order valence-corrected chi connectivity index (χ4v) is 3.10. The van der Waals surface area contributed by atoms with Gasteiger partial charge in [-0.3, -0.25) is 4.79 Å². The van der Waals surface area contributed by atoms with Gasteiger partial charge in [-0.05, 0) is 54.8 Å². The number of hydrogen-bond acceptors (Lipinski definition) is 4. The first-order chi connectivity index (χ1) is 12.0. The van der Waals surface area contributed by atoms with Gasteiger partial charge in [0.05, 0.1) is 5.69 Å². The molecule has 1 amide bonds. The van der Waals surface area contributed by atoms with Gasteiger partial charge < -0.3 is 14.6 Å². The van der Waals surface area contributed by atoms with Crippen LogP contribution in [0.25, 0.3) is 5.69 Å². The Labute approximate surface area is 153 Å². The Balaban J connectivity index is 1.65. The van der Waals surface area contributed by atoms with Crippen molar-refractivity contribution in [2.24, 2.45) is 0 Å².